The summed E-state index contributed by atoms with van der Waals surface area (Å²) in [5.74, 6) is 0.155. The van der Waals surface area contributed by atoms with E-state index in [4.69, 9.17) is 4.74 Å². The number of carboxylic acid groups (broad SMARTS) is 1. The van der Waals surface area contributed by atoms with Gasteiger partial charge in [-0.3, -0.25) is 14.8 Å². The Hall–Kier alpha value is -2.99. The molecule has 1 aromatic carbocycles. The van der Waals surface area contributed by atoms with E-state index in [2.05, 4.69) is 33.1 Å². The minimum absolute atomic E-state index is 0.244. The molecule has 4 rings (SSSR count). The van der Waals surface area contributed by atoms with Gasteiger partial charge in [-0.2, -0.15) is 0 Å². The van der Waals surface area contributed by atoms with Crippen LogP contribution >= 0.6 is 0 Å². The quantitative estimate of drug-likeness (QED) is 0.405. The SMILES string of the molecule is COc1ccc2nccc(CCC[C@@H]3CCN(CCCCc4ccncc4)C[C@@H]3C(=O)O)c2c1. The molecule has 1 aliphatic rings. The molecule has 1 saturated heterocycles. The molecule has 6 heteroatoms. The number of benzene rings is 1. The summed E-state index contributed by atoms with van der Waals surface area (Å²) in [5, 5.41) is 11.0. The molecular weight excluding hydrogens is 426 g/mol. The lowest BCUT2D eigenvalue weighted by atomic mass is 9.81. The van der Waals surface area contributed by atoms with Crippen LogP contribution in [-0.2, 0) is 17.6 Å². The van der Waals surface area contributed by atoms with Gasteiger partial charge in [0, 0.05) is 30.5 Å². The number of aryl methyl sites for hydroxylation is 2. The Labute approximate surface area is 202 Å². The Kier molecular flexibility index (Phi) is 8.47. The fourth-order valence-electron chi connectivity index (χ4n) is 5.19. The lowest BCUT2D eigenvalue weighted by Crippen LogP contribution is -2.44. The van der Waals surface area contributed by atoms with Crippen molar-refractivity contribution in [1.82, 2.24) is 14.9 Å². The van der Waals surface area contributed by atoms with E-state index in [1.54, 1.807) is 7.11 Å². The molecule has 0 spiro atoms. The largest absolute Gasteiger partial charge is 0.497 e. The third-order valence-corrected chi connectivity index (χ3v) is 7.16. The van der Waals surface area contributed by atoms with Crippen LogP contribution in [0.5, 0.6) is 5.75 Å². The highest BCUT2D eigenvalue weighted by molar-refractivity contribution is 5.83. The van der Waals surface area contributed by atoms with Crippen LogP contribution in [0.15, 0.2) is 55.0 Å². The van der Waals surface area contributed by atoms with Crippen LogP contribution in [-0.4, -0.2) is 52.7 Å². The average molecular weight is 462 g/mol. The molecule has 1 aliphatic heterocycles. The number of hydrogen-bond donors (Lipinski definition) is 1. The molecule has 180 valence electrons. The van der Waals surface area contributed by atoms with Gasteiger partial charge >= 0.3 is 5.97 Å². The van der Waals surface area contributed by atoms with Gasteiger partial charge in [-0.25, -0.2) is 0 Å². The molecule has 0 radical (unpaired) electrons. The first-order valence-corrected chi connectivity index (χ1v) is 12.4. The average Bonchev–Trinajstić information content (AvgIpc) is 2.87. The van der Waals surface area contributed by atoms with Gasteiger partial charge in [-0.15, -0.1) is 0 Å². The van der Waals surface area contributed by atoms with Crippen LogP contribution in [0.2, 0.25) is 0 Å². The number of rotatable bonds is 11. The Bertz CT molecular complexity index is 1070. The summed E-state index contributed by atoms with van der Waals surface area (Å²) in [6.07, 6.45) is 12.6. The van der Waals surface area contributed by atoms with Crippen LogP contribution in [0.3, 0.4) is 0 Å². The highest BCUT2D eigenvalue weighted by atomic mass is 16.5. The van der Waals surface area contributed by atoms with Crippen molar-refractivity contribution in [2.24, 2.45) is 11.8 Å². The van der Waals surface area contributed by atoms with Gasteiger partial charge in [0.25, 0.3) is 0 Å². The Balaban J connectivity index is 1.26. The van der Waals surface area contributed by atoms with Gasteiger partial charge in [0.15, 0.2) is 0 Å². The maximum atomic E-state index is 12.0. The van der Waals surface area contributed by atoms with Crippen LogP contribution in [0.4, 0.5) is 0 Å². The van der Waals surface area contributed by atoms with E-state index in [9.17, 15) is 9.90 Å². The smallest absolute Gasteiger partial charge is 0.308 e. The van der Waals surface area contributed by atoms with Crippen molar-refractivity contribution in [3.8, 4) is 5.75 Å². The number of hydrogen-bond acceptors (Lipinski definition) is 5. The monoisotopic (exact) mass is 461 g/mol. The Morgan fingerprint density at radius 2 is 1.94 bits per heavy atom. The molecule has 0 amide bonds. The Morgan fingerprint density at radius 1 is 1.09 bits per heavy atom. The number of carbonyl (C=O) groups is 1. The molecule has 0 saturated carbocycles. The lowest BCUT2D eigenvalue weighted by Gasteiger charge is -2.36. The molecule has 0 unspecified atom stereocenters. The van der Waals surface area contributed by atoms with Gasteiger partial charge in [-0.1, -0.05) is 0 Å². The summed E-state index contributed by atoms with van der Waals surface area (Å²) in [6.45, 7) is 2.65. The van der Waals surface area contributed by atoms with Gasteiger partial charge in [-0.05, 0) is 111 Å². The predicted octanol–water partition coefficient (Wildman–Crippen LogP) is 5.01. The van der Waals surface area contributed by atoms with Gasteiger partial charge in [0.2, 0.25) is 0 Å². The minimum atomic E-state index is -0.648. The number of carboxylic acids is 1. The Morgan fingerprint density at radius 3 is 2.74 bits per heavy atom. The lowest BCUT2D eigenvalue weighted by molar-refractivity contribution is -0.146. The van der Waals surface area contributed by atoms with Crippen LogP contribution < -0.4 is 4.74 Å². The van der Waals surface area contributed by atoms with Crippen molar-refractivity contribution < 1.29 is 14.6 Å². The van der Waals surface area contributed by atoms with E-state index >= 15 is 0 Å². The number of likely N-dealkylation sites (tertiary alicyclic amines) is 1. The number of methoxy groups -OCH3 is 1. The van der Waals surface area contributed by atoms with Crippen molar-refractivity contribution >= 4 is 16.9 Å². The molecule has 3 heterocycles. The van der Waals surface area contributed by atoms with Gasteiger partial charge in [0.05, 0.1) is 18.5 Å². The molecule has 1 N–H and O–H groups in total. The third-order valence-electron chi connectivity index (χ3n) is 7.16. The number of unbranched alkanes of at least 4 members (excludes halogenated alkanes) is 1. The van der Waals surface area contributed by atoms with Crippen molar-refractivity contribution in [3.63, 3.8) is 0 Å². The number of nitrogens with zero attached hydrogens (tertiary/aromatic N) is 3. The fraction of sp³-hybridized carbons (Fsp3) is 0.464. The molecule has 2 aromatic heterocycles. The van der Waals surface area contributed by atoms with Crippen molar-refractivity contribution in [2.45, 2.75) is 44.9 Å². The molecule has 2 atom stereocenters. The summed E-state index contributed by atoms with van der Waals surface area (Å²) in [7, 11) is 1.68. The van der Waals surface area contributed by atoms with E-state index < -0.39 is 5.97 Å². The van der Waals surface area contributed by atoms with E-state index in [1.807, 2.05) is 36.8 Å². The molecule has 0 aliphatic carbocycles. The zero-order chi connectivity index (χ0) is 23.8. The normalized spacial score (nSPS) is 18.7. The minimum Gasteiger partial charge on any atom is -0.497 e. The van der Waals surface area contributed by atoms with Crippen LogP contribution in [0.1, 0.15) is 43.2 Å². The third kappa shape index (κ3) is 6.32. The first-order chi connectivity index (χ1) is 16.6. The second kappa shape index (κ2) is 11.9. The van der Waals surface area contributed by atoms with E-state index in [0.717, 1.165) is 74.7 Å². The second-order valence-electron chi connectivity index (χ2n) is 9.35. The number of aliphatic carboxylic acids is 1. The number of ether oxygens (including phenoxy) is 1. The zero-order valence-electron chi connectivity index (χ0n) is 20.0. The fourth-order valence-corrected chi connectivity index (χ4v) is 5.19. The molecule has 0 bridgehead atoms. The summed E-state index contributed by atoms with van der Waals surface area (Å²) >= 11 is 0. The molecule has 6 nitrogen and oxygen atoms in total. The van der Waals surface area contributed by atoms with Crippen molar-refractivity contribution in [3.05, 3.63) is 66.1 Å². The molecule has 34 heavy (non-hydrogen) atoms. The van der Waals surface area contributed by atoms with Crippen molar-refractivity contribution in [2.75, 3.05) is 26.7 Å². The summed E-state index contributed by atoms with van der Waals surface area (Å²) in [4.78, 5) is 22.9. The van der Waals surface area contributed by atoms with Gasteiger partial charge < -0.3 is 14.7 Å². The van der Waals surface area contributed by atoms with Gasteiger partial charge in [0.1, 0.15) is 5.75 Å². The first kappa shape index (κ1) is 24.1. The van der Waals surface area contributed by atoms with E-state index in [1.165, 1.54) is 11.1 Å². The zero-order valence-corrected chi connectivity index (χ0v) is 20.0. The number of pyridine rings is 2. The maximum Gasteiger partial charge on any atom is 0.308 e. The second-order valence-corrected chi connectivity index (χ2v) is 9.35. The summed E-state index contributed by atoms with van der Waals surface area (Å²) < 4.78 is 5.38. The maximum absolute atomic E-state index is 12.0. The van der Waals surface area contributed by atoms with Crippen molar-refractivity contribution in [1.29, 1.82) is 0 Å². The number of piperidine rings is 1. The molecular formula is C28H35N3O3. The van der Waals surface area contributed by atoms with E-state index in [-0.39, 0.29) is 11.8 Å². The molecule has 1 fully saturated rings. The van der Waals surface area contributed by atoms with E-state index in [0.29, 0.717) is 6.54 Å². The highest BCUT2D eigenvalue weighted by Gasteiger charge is 2.33. The highest BCUT2D eigenvalue weighted by Crippen LogP contribution is 2.30. The summed E-state index contributed by atoms with van der Waals surface area (Å²) in [6, 6.07) is 12.2. The summed E-state index contributed by atoms with van der Waals surface area (Å²) in [5.41, 5.74) is 3.54. The van der Waals surface area contributed by atoms with Crippen LogP contribution in [0, 0.1) is 11.8 Å². The topological polar surface area (TPSA) is 75.5 Å². The predicted molar refractivity (Wildman–Crippen MR) is 134 cm³/mol. The number of fused-ring (bicyclic) bond motifs is 1. The molecule has 3 aromatic rings. The standard InChI is InChI=1S/C28H35N3O3/c1-34-24-8-9-27-25(19-24)22(12-16-30-27)6-4-7-23-13-18-31(20-26(23)28(32)33)17-3-2-5-21-10-14-29-15-11-21/h8-12,14-16,19,23,26H,2-7,13,17-18,20H2,1H3,(H,32,33)/t23-,26+/m1/s1. The first-order valence-electron chi connectivity index (χ1n) is 12.4. The number of aromatic nitrogens is 2. The van der Waals surface area contributed by atoms with Crippen LogP contribution in [0.25, 0.3) is 10.9 Å².